The van der Waals surface area contributed by atoms with Gasteiger partial charge in [-0.2, -0.15) is 5.26 Å². The Morgan fingerprint density at radius 1 is 1.00 bits per heavy atom. The van der Waals surface area contributed by atoms with Gasteiger partial charge in [-0.15, -0.1) is 0 Å². The van der Waals surface area contributed by atoms with Gasteiger partial charge in [0.2, 0.25) is 0 Å². The predicted octanol–water partition coefficient (Wildman–Crippen LogP) is 3.98. The van der Waals surface area contributed by atoms with Crippen molar-refractivity contribution in [1.82, 2.24) is 0 Å². The molecule has 1 nitrogen and oxygen atoms in total. The van der Waals surface area contributed by atoms with Crippen molar-refractivity contribution < 1.29 is 4.39 Å². The summed E-state index contributed by atoms with van der Waals surface area (Å²) in [6.45, 7) is 3.62. The van der Waals surface area contributed by atoms with Gasteiger partial charge in [0.05, 0.1) is 11.6 Å². The Labute approximate surface area is 100 Å². The average molecular weight is 225 g/mol. The standard InChI is InChI=1S/C15H12FN/c1-10-5-3-4-6-13(10)14-12(9-17)8-7-11(2)15(14)16/h3-8H,1-2H3. The van der Waals surface area contributed by atoms with Gasteiger partial charge in [0.25, 0.3) is 0 Å². The lowest BCUT2D eigenvalue weighted by Gasteiger charge is -2.10. The minimum Gasteiger partial charge on any atom is -0.206 e. The molecule has 0 heterocycles. The SMILES string of the molecule is Cc1ccccc1-c1c(C#N)ccc(C)c1F. The molecule has 0 saturated heterocycles. The van der Waals surface area contributed by atoms with E-state index in [9.17, 15) is 4.39 Å². The van der Waals surface area contributed by atoms with Crippen LogP contribution in [0.15, 0.2) is 36.4 Å². The first-order valence-corrected chi connectivity index (χ1v) is 5.40. The largest absolute Gasteiger partial charge is 0.206 e. The predicted molar refractivity (Wildman–Crippen MR) is 66.0 cm³/mol. The normalized spacial score (nSPS) is 10.0. The van der Waals surface area contributed by atoms with Crippen molar-refractivity contribution >= 4 is 0 Å². The third-order valence-electron chi connectivity index (χ3n) is 2.87. The Hall–Kier alpha value is -2.14. The molecule has 0 aliphatic rings. The summed E-state index contributed by atoms with van der Waals surface area (Å²) in [7, 11) is 0. The van der Waals surface area contributed by atoms with Crippen LogP contribution < -0.4 is 0 Å². The second-order valence-electron chi connectivity index (χ2n) is 4.05. The van der Waals surface area contributed by atoms with Gasteiger partial charge in [0, 0.05) is 5.56 Å². The minimum absolute atomic E-state index is 0.307. The van der Waals surface area contributed by atoms with Gasteiger partial charge in [0.15, 0.2) is 0 Å². The number of aryl methyl sites for hydroxylation is 2. The summed E-state index contributed by atoms with van der Waals surface area (Å²) in [6.07, 6.45) is 0. The van der Waals surface area contributed by atoms with E-state index in [0.29, 0.717) is 16.7 Å². The second-order valence-corrected chi connectivity index (χ2v) is 4.05. The van der Waals surface area contributed by atoms with Gasteiger partial charge < -0.3 is 0 Å². The maximum absolute atomic E-state index is 14.2. The van der Waals surface area contributed by atoms with Crippen LogP contribution in [0.1, 0.15) is 16.7 Å². The molecule has 0 bridgehead atoms. The Bertz CT molecular complexity index is 609. The molecule has 84 valence electrons. The number of halogens is 1. The van der Waals surface area contributed by atoms with E-state index in [1.54, 1.807) is 19.1 Å². The van der Waals surface area contributed by atoms with Gasteiger partial charge in [-0.25, -0.2) is 4.39 Å². The lowest BCUT2D eigenvalue weighted by Crippen LogP contribution is -1.94. The van der Waals surface area contributed by atoms with E-state index >= 15 is 0 Å². The Kier molecular flexibility index (Phi) is 2.93. The third kappa shape index (κ3) is 1.92. The van der Waals surface area contributed by atoms with Crippen LogP contribution in [0.4, 0.5) is 4.39 Å². The third-order valence-corrected chi connectivity index (χ3v) is 2.87. The molecule has 0 spiro atoms. The molecule has 0 N–H and O–H groups in total. The molecule has 0 saturated carbocycles. The van der Waals surface area contributed by atoms with Gasteiger partial charge in [0.1, 0.15) is 5.82 Å². The Balaban J connectivity index is 2.80. The first kappa shape index (κ1) is 11.3. The minimum atomic E-state index is -0.307. The molecule has 0 radical (unpaired) electrons. The van der Waals surface area contributed by atoms with E-state index in [4.69, 9.17) is 5.26 Å². The summed E-state index contributed by atoms with van der Waals surface area (Å²) in [5, 5.41) is 9.07. The average Bonchev–Trinajstić information content (AvgIpc) is 2.34. The van der Waals surface area contributed by atoms with Crippen LogP contribution in [-0.4, -0.2) is 0 Å². The van der Waals surface area contributed by atoms with Crippen molar-refractivity contribution in [3.05, 3.63) is 58.9 Å². The van der Waals surface area contributed by atoms with Crippen molar-refractivity contribution in [2.75, 3.05) is 0 Å². The molecule has 2 heteroatoms. The summed E-state index contributed by atoms with van der Waals surface area (Å²) in [4.78, 5) is 0. The van der Waals surface area contributed by atoms with Crippen LogP contribution in [0.3, 0.4) is 0 Å². The van der Waals surface area contributed by atoms with E-state index in [0.717, 1.165) is 11.1 Å². The van der Waals surface area contributed by atoms with Gasteiger partial charge in [-0.3, -0.25) is 0 Å². The maximum atomic E-state index is 14.2. The van der Waals surface area contributed by atoms with Crippen molar-refractivity contribution in [3.63, 3.8) is 0 Å². The highest BCUT2D eigenvalue weighted by Crippen LogP contribution is 2.30. The number of hydrogen-bond acceptors (Lipinski definition) is 1. The van der Waals surface area contributed by atoms with Crippen LogP contribution >= 0.6 is 0 Å². The molecule has 0 unspecified atom stereocenters. The topological polar surface area (TPSA) is 23.8 Å². The highest BCUT2D eigenvalue weighted by atomic mass is 19.1. The van der Waals surface area contributed by atoms with Crippen molar-refractivity contribution in [2.24, 2.45) is 0 Å². The number of hydrogen-bond donors (Lipinski definition) is 0. The van der Waals surface area contributed by atoms with Crippen LogP contribution in [0, 0.1) is 31.0 Å². The molecule has 17 heavy (non-hydrogen) atoms. The number of benzene rings is 2. The fourth-order valence-electron chi connectivity index (χ4n) is 1.89. The fourth-order valence-corrected chi connectivity index (χ4v) is 1.89. The smallest absolute Gasteiger partial charge is 0.135 e. The zero-order chi connectivity index (χ0) is 12.4. The van der Waals surface area contributed by atoms with Crippen LogP contribution in [0.2, 0.25) is 0 Å². The molecule has 2 aromatic carbocycles. The zero-order valence-electron chi connectivity index (χ0n) is 9.79. The van der Waals surface area contributed by atoms with E-state index in [1.165, 1.54) is 0 Å². The fraction of sp³-hybridized carbons (Fsp3) is 0.133. The molecule has 0 aliphatic carbocycles. The summed E-state index contributed by atoms with van der Waals surface area (Å²) in [6, 6.07) is 12.9. The molecule has 2 aromatic rings. The summed E-state index contributed by atoms with van der Waals surface area (Å²) < 4.78 is 14.2. The van der Waals surface area contributed by atoms with E-state index in [1.807, 2.05) is 37.3 Å². The highest BCUT2D eigenvalue weighted by Gasteiger charge is 2.14. The molecule has 0 amide bonds. The number of nitriles is 1. The van der Waals surface area contributed by atoms with Crippen molar-refractivity contribution in [1.29, 1.82) is 5.26 Å². The Morgan fingerprint density at radius 2 is 1.71 bits per heavy atom. The van der Waals surface area contributed by atoms with E-state index in [-0.39, 0.29) is 5.82 Å². The highest BCUT2D eigenvalue weighted by molar-refractivity contribution is 5.74. The monoisotopic (exact) mass is 225 g/mol. The number of nitrogens with zero attached hydrogens (tertiary/aromatic N) is 1. The van der Waals surface area contributed by atoms with Crippen LogP contribution in [0.5, 0.6) is 0 Å². The van der Waals surface area contributed by atoms with Crippen molar-refractivity contribution in [2.45, 2.75) is 13.8 Å². The van der Waals surface area contributed by atoms with Crippen LogP contribution in [0.25, 0.3) is 11.1 Å². The summed E-state index contributed by atoms with van der Waals surface area (Å²) in [5.74, 6) is -0.307. The molecule has 0 atom stereocenters. The van der Waals surface area contributed by atoms with E-state index in [2.05, 4.69) is 0 Å². The molecule has 2 rings (SSSR count). The zero-order valence-corrected chi connectivity index (χ0v) is 9.79. The maximum Gasteiger partial charge on any atom is 0.135 e. The van der Waals surface area contributed by atoms with Gasteiger partial charge in [-0.05, 0) is 36.6 Å². The summed E-state index contributed by atoms with van der Waals surface area (Å²) in [5.41, 5.74) is 3.09. The van der Waals surface area contributed by atoms with E-state index < -0.39 is 0 Å². The van der Waals surface area contributed by atoms with Gasteiger partial charge in [-0.1, -0.05) is 30.3 Å². The molecular weight excluding hydrogens is 213 g/mol. The summed E-state index contributed by atoms with van der Waals surface area (Å²) >= 11 is 0. The van der Waals surface area contributed by atoms with Gasteiger partial charge >= 0.3 is 0 Å². The molecular formula is C15H12FN. The molecule has 0 aromatic heterocycles. The number of rotatable bonds is 1. The lowest BCUT2D eigenvalue weighted by atomic mass is 9.94. The Morgan fingerprint density at radius 3 is 2.35 bits per heavy atom. The van der Waals surface area contributed by atoms with Crippen LogP contribution in [-0.2, 0) is 0 Å². The molecule has 0 aliphatic heterocycles. The first-order valence-electron chi connectivity index (χ1n) is 5.40. The molecule has 0 fully saturated rings. The quantitative estimate of drug-likeness (QED) is 0.720. The lowest BCUT2D eigenvalue weighted by molar-refractivity contribution is 0.621. The van der Waals surface area contributed by atoms with Crippen molar-refractivity contribution in [3.8, 4) is 17.2 Å². The second kappa shape index (κ2) is 4.39. The first-order chi connectivity index (χ1) is 8.15.